The van der Waals surface area contributed by atoms with Crippen molar-refractivity contribution in [3.05, 3.63) is 69.6 Å². The quantitative estimate of drug-likeness (QED) is 0.634. The summed E-state index contributed by atoms with van der Waals surface area (Å²) in [6.45, 7) is 0.118. The summed E-state index contributed by atoms with van der Waals surface area (Å²) in [7, 11) is 1.70. The van der Waals surface area contributed by atoms with Crippen LogP contribution in [-0.4, -0.2) is 32.8 Å². The number of benzene rings is 1. The van der Waals surface area contributed by atoms with Crippen LogP contribution in [0, 0.1) is 11.6 Å². The average molecular weight is 428 g/mol. The van der Waals surface area contributed by atoms with Crippen LogP contribution in [-0.2, 0) is 13.5 Å². The number of aryl methyl sites for hydroxylation is 1. The second-order valence-electron chi connectivity index (χ2n) is 6.22. The van der Waals surface area contributed by atoms with Crippen LogP contribution in [0.5, 0.6) is 0 Å². The standard InChI is InChI=1S/C18H17Cl2F2N5O/c1-26-18(13(19)8-24-26)27-9-11(6-16(27)20)17(28)25-12(7-23)4-10-2-3-14(21)15(22)5-10/h2-3,5-6,8-9,12H,4,7,23H2,1H3,(H,25,28). The van der Waals surface area contributed by atoms with Gasteiger partial charge in [0.05, 0.1) is 11.8 Å². The largest absolute Gasteiger partial charge is 0.348 e. The van der Waals surface area contributed by atoms with Gasteiger partial charge in [-0.2, -0.15) is 5.10 Å². The molecule has 3 rings (SSSR count). The van der Waals surface area contributed by atoms with E-state index in [1.165, 1.54) is 29.2 Å². The normalized spacial score (nSPS) is 12.2. The van der Waals surface area contributed by atoms with Crippen LogP contribution < -0.4 is 11.1 Å². The Morgan fingerprint density at radius 3 is 2.64 bits per heavy atom. The molecule has 1 atom stereocenters. The molecule has 2 heterocycles. The number of nitrogens with zero attached hydrogens (tertiary/aromatic N) is 3. The molecule has 0 aliphatic carbocycles. The fourth-order valence-electron chi connectivity index (χ4n) is 2.81. The zero-order valence-corrected chi connectivity index (χ0v) is 16.3. The maximum atomic E-state index is 13.4. The molecule has 0 spiro atoms. The summed E-state index contributed by atoms with van der Waals surface area (Å²) in [4.78, 5) is 12.6. The highest BCUT2D eigenvalue weighted by Crippen LogP contribution is 2.25. The van der Waals surface area contributed by atoms with E-state index in [1.807, 2.05) is 0 Å². The van der Waals surface area contributed by atoms with Gasteiger partial charge in [0, 0.05) is 25.8 Å². The Kier molecular flexibility index (Phi) is 6.02. The van der Waals surface area contributed by atoms with Crippen molar-refractivity contribution in [3.8, 4) is 5.82 Å². The molecular weight excluding hydrogens is 411 g/mol. The van der Waals surface area contributed by atoms with Crippen LogP contribution in [0.3, 0.4) is 0 Å². The van der Waals surface area contributed by atoms with E-state index in [2.05, 4.69) is 10.4 Å². The molecule has 28 heavy (non-hydrogen) atoms. The topological polar surface area (TPSA) is 77.9 Å². The van der Waals surface area contributed by atoms with Crippen molar-refractivity contribution in [2.75, 3.05) is 6.54 Å². The highest BCUT2D eigenvalue weighted by molar-refractivity contribution is 6.33. The summed E-state index contributed by atoms with van der Waals surface area (Å²) in [5.74, 6) is -1.77. The Balaban J connectivity index is 1.76. The Hall–Kier alpha value is -2.42. The number of nitrogens with one attached hydrogen (secondary N) is 1. The van der Waals surface area contributed by atoms with Gasteiger partial charge in [-0.05, 0) is 30.2 Å². The van der Waals surface area contributed by atoms with Gasteiger partial charge in [0.2, 0.25) is 0 Å². The van der Waals surface area contributed by atoms with Crippen molar-refractivity contribution in [3.63, 3.8) is 0 Å². The van der Waals surface area contributed by atoms with E-state index in [0.29, 0.717) is 22.0 Å². The molecule has 2 aromatic heterocycles. The third kappa shape index (κ3) is 4.19. The van der Waals surface area contributed by atoms with Crippen LogP contribution in [0.4, 0.5) is 8.78 Å². The average Bonchev–Trinajstić information content (AvgIpc) is 3.19. The lowest BCUT2D eigenvalue weighted by atomic mass is 10.1. The molecule has 0 saturated carbocycles. The number of nitrogens with two attached hydrogens (primary N) is 1. The summed E-state index contributed by atoms with van der Waals surface area (Å²) in [5.41, 5.74) is 6.54. The summed E-state index contributed by atoms with van der Waals surface area (Å²) in [5, 5.41) is 7.47. The van der Waals surface area contributed by atoms with E-state index in [0.717, 1.165) is 12.1 Å². The third-order valence-electron chi connectivity index (χ3n) is 4.21. The zero-order chi connectivity index (χ0) is 20.4. The first-order valence-corrected chi connectivity index (χ1v) is 9.06. The van der Waals surface area contributed by atoms with E-state index >= 15 is 0 Å². The molecule has 0 saturated heterocycles. The molecule has 0 aliphatic rings. The molecule has 3 N–H and O–H groups in total. The van der Waals surface area contributed by atoms with Crippen LogP contribution in [0.25, 0.3) is 5.82 Å². The number of halogens is 4. The number of hydrogen-bond donors (Lipinski definition) is 2. The van der Waals surface area contributed by atoms with Crippen LogP contribution in [0.15, 0.2) is 36.7 Å². The van der Waals surface area contributed by atoms with E-state index in [9.17, 15) is 13.6 Å². The molecule has 6 nitrogen and oxygen atoms in total. The number of aromatic nitrogens is 3. The minimum atomic E-state index is -0.948. The van der Waals surface area contributed by atoms with Gasteiger partial charge in [0.15, 0.2) is 17.5 Å². The fourth-order valence-corrected chi connectivity index (χ4v) is 3.31. The second kappa shape index (κ2) is 8.30. The minimum Gasteiger partial charge on any atom is -0.348 e. The van der Waals surface area contributed by atoms with Gasteiger partial charge in [-0.1, -0.05) is 29.3 Å². The van der Waals surface area contributed by atoms with E-state index < -0.39 is 23.6 Å². The van der Waals surface area contributed by atoms with E-state index in [1.54, 1.807) is 11.6 Å². The van der Waals surface area contributed by atoms with Crippen molar-refractivity contribution in [2.45, 2.75) is 12.5 Å². The lowest BCUT2D eigenvalue weighted by Gasteiger charge is -2.16. The SMILES string of the molecule is Cn1ncc(Cl)c1-n1cc(C(=O)NC(CN)Cc2ccc(F)c(F)c2)cc1Cl. The van der Waals surface area contributed by atoms with E-state index in [4.69, 9.17) is 28.9 Å². The Morgan fingerprint density at radius 1 is 1.29 bits per heavy atom. The number of carbonyl (C=O) groups is 1. The van der Waals surface area contributed by atoms with Crippen LogP contribution >= 0.6 is 23.2 Å². The van der Waals surface area contributed by atoms with Gasteiger partial charge in [-0.3, -0.25) is 14.0 Å². The van der Waals surface area contributed by atoms with Crippen molar-refractivity contribution >= 4 is 29.1 Å². The molecule has 0 bridgehead atoms. The van der Waals surface area contributed by atoms with Gasteiger partial charge in [-0.25, -0.2) is 8.78 Å². The van der Waals surface area contributed by atoms with Gasteiger partial charge in [0.25, 0.3) is 5.91 Å². The van der Waals surface area contributed by atoms with Gasteiger partial charge in [0.1, 0.15) is 10.2 Å². The molecular formula is C18H17Cl2F2N5O. The van der Waals surface area contributed by atoms with Gasteiger partial charge in [-0.15, -0.1) is 0 Å². The molecule has 1 amide bonds. The summed E-state index contributed by atoms with van der Waals surface area (Å²) in [6, 6.07) is 4.59. The predicted octanol–water partition coefficient (Wildman–Crippen LogP) is 3.10. The number of hydrogen-bond acceptors (Lipinski definition) is 3. The van der Waals surface area contributed by atoms with Crippen LogP contribution in [0.1, 0.15) is 15.9 Å². The zero-order valence-electron chi connectivity index (χ0n) is 14.8. The Morgan fingerprint density at radius 2 is 2.04 bits per heavy atom. The highest BCUT2D eigenvalue weighted by Gasteiger charge is 2.19. The molecule has 1 unspecified atom stereocenters. The number of carbonyl (C=O) groups excluding carboxylic acids is 1. The van der Waals surface area contributed by atoms with Gasteiger partial charge >= 0.3 is 0 Å². The summed E-state index contributed by atoms with van der Waals surface area (Å²) < 4.78 is 29.5. The molecule has 1 aromatic carbocycles. The first kappa shape index (κ1) is 20.3. The first-order valence-electron chi connectivity index (χ1n) is 8.30. The molecule has 10 heteroatoms. The van der Waals surface area contributed by atoms with Crippen molar-refractivity contribution in [2.24, 2.45) is 12.8 Å². The maximum Gasteiger partial charge on any atom is 0.253 e. The molecule has 0 radical (unpaired) electrons. The molecule has 3 aromatic rings. The second-order valence-corrected chi connectivity index (χ2v) is 7.01. The monoisotopic (exact) mass is 427 g/mol. The molecule has 0 aliphatic heterocycles. The lowest BCUT2D eigenvalue weighted by Crippen LogP contribution is -2.41. The Labute approximate surface area is 169 Å². The van der Waals surface area contributed by atoms with E-state index in [-0.39, 0.29) is 18.1 Å². The molecule has 148 valence electrons. The summed E-state index contributed by atoms with van der Waals surface area (Å²) >= 11 is 12.4. The summed E-state index contributed by atoms with van der Waals surface area (Å²) in [6.07, 6.45) is 3.26. The molecule has 0 fully saturated rings. The van der Waals surface area contributed by atoms with Crippen molar-refractivity contribution < 1.29 is 13.6 Å². The van der Waals surface area contributed by atoms with Crippen molar-refractivity contribution in [1.82, 2.24) is 19.7 Å². The lowest BCUT2D eigenvalue weighted by molar-refractivity contribution is 0.0938. The highest BCUT2D eigenvalue weighted by atomic mass is 35.5. The predicted molar refractivity (Wildman–Crippen MR) is 103 cm³/mol. The van der Waals surface area contributed by atoms with Gasteiger partial charge < -0.3 is 11.1 Å². The fraction of sp³-hybridized carbons (Fsp3) is 0.222. The first-order chi connectivity index (χ1) is 13.3. The number of rotatable bonds is 6. The third-order valence-corrected chi connectivity index (χ3v) is 4.77. The van der Waals surface area contributed by atoms with Crippen LogP contribution in [0.2, 0.25) is 10.2 Å². The van der Waals surface area contributed by atoms with Crippen molar-refractivity contribution in [1.29, 1.82) is 0 Å². The number of amides is 1. The minimum absolute atomic E-state index is 0.118. The smallest absolute Gasteiger partial charge is 0.253 e. The maximum absolute atomic E-state index is 13.4. The Bertz CT molecular complexity index is 998.